The van der Waals surface area contributed by atoms with Crippen molar-refractivity contribution < 1.29 is 5.11 Å². The number of aliphatic hydroxyl groups excluding tert-OH is 1. The predicted octanol–water partition coefficient (Wildman–Crippen LogP) is 0.972. The molecule has 1 fully saturated rings. The largest absolute Gasteiger partial charge is 0.394 e. The second kappa shape index (κ2) is 5.31. The highest BCUT2D eigenvalue weighted by Crippen LogP contribution is 2.28. The van der Waals surface area contributed by atoms with Crippen LogP contribution in [0.5, 0.6) is 0 Å². The molecule has 0 aromatic carbocycles. The van der Waals surface area contributed by atoms with Crippen LogP contribution in [0.15, 0.2) is 6.33 Å². The van der Waals surface area contributed by atoms with Crippen molar-refractivity contribution in [1.82, 2.24) is 9.97 Å². The first-order valence-electron chi connectivity index (χ1n) is 6.24. The average molecular weight is 236 g/mol. The van der Waals surface area contributed by atoms with Gasteiger partial charge >= 0.3 is 0 Å². The third-order valence-corrected chi connectivity index (χ3v) is 3.42. The van der Waals surface area contributed by atoms with Gasteiger partial charge in [-0.15, -0.1) is 0 Å². The Balaban J connectivity index is 2.34. The Bertz CT molecular complexity index is 383. The Kier molecular flexibility index (Phi) is 3.78. The lowest BCUT2D eigenvalue weighted by molar-refractivity contribution is 0.239. The zero-order valence-corrected chi connectivity index (χ0v) is 10.3. The van der Waals surface area contributed by atoms with Gasteiger partial charge < -0.3 is 15.7 Å². The maximum Gasteiger partial charge on any atom is 0.137 e. The molecule has 0 bridgehead atoms. The number of aliphatic hydroxyl groups is 1. The van der Waals surface area contributed by atoms with E-state index in [4.69, 9.17) is 5.73 Å². The van der Waals surface area contributed by atoms with E-state index in [0.29, 0.717) is 5.82 Å². The first-order valence-corrected chi connectivity index (χ1v) is 6.24. The van der Waals surface area contributed by atoms with Crippen molar-refractivity contribution in [1.29, 1.82) is 0 Å². The molecule has 1 unspecified atom stereocenters. The quantitative estimate of drug-likeness (QED) is 0.818. The fourth-order valence-corrected chi connectivity index (χ4v) is 2.47. The molecule has 5 heteroatoms. The first kappa shape index (κ1) is 12.1. The van der Waals surface area contributed by atoms with Crippen LogP contribution in [0.4, 0.5) is 11.6 Å². The maximum absolute atomic E-state index is 9.44. The Morgan fingerprint density at radius 3 is 3.00 bits per heavy atom. The van der Waals surface area contributed by atoms with E-state index in [-0.39, 0.29) is 12.6 Å². The molecule has 0 amide bonds. The van der Waals surface area contributed by atoms with Crippen molar-refractivity contribution in [2.24, 2.45) is 0 Å². The summed E-state index contributed by atoms with van der Waals surface area (Å²) in [5, 5.41) is 9.44. The molecule has 94 valence electrons. The molecule has 1 aliphatic rings. The highest BCUT2D eigenvalue weighted by Gasteiger charge is 2.25. The Morgan fingerprint density at radius 1 is 1.47 bits per heavy atom. The van der Waals surface area contributed by atoms with Crippen LogP contribution < -0.4 is 10.6 Å². The second-order valence-electron chi connectivity index (χ2n) is 4.44. The van der Waals surface area contributed by atoms with Gasteiger partial charge in [-0.1, -0.05) is 6.92 Å². The smallest absolute Gasteiger partial charge is 0.137 e. The normalized spacial score (nSPS) is 20.6. The van der Waals surface area contributed by atoms with E-state index in [2.05, 4.69) is 21.8 Å². The summed E-state index contributed by atoms with van der Waals surface area (Å²) in [5.74, 6) is 1.46. The van der Waals surface area contributed by atoms with Crippen LogP contribution in [-0.4, -0.2) is 34.3 Å². The maximum atomic E-state index is 9.44. The monoisotopic (exact) mass is 236 g/mol. The molecule has 2 heterocycles. The highest BCUT2D eigenvalue weighted by molar-refractivity contribution is 5.57. The molecule has 0 radical (unpaired) electrons. The van der Waals surface area contributed by atoms with Gasteiger partial charge in [-0.25, -0.2) is 9.97 Å². The van der Waals surface area contributed by atoms with Crippen LogP contribution in [0.25, 0.3) is 0 Å². The molecule has 1 aliphatic heterocycles. The third kappa shape index (κ3) is 2.34. The van der Waals surface area contributed by atoms with E-state index >= 15 is 0 Å². The summed E-state index contributed by atoms with van der Waals surface area (Å²) in [5.41, 5.74) is 6.88. The summed E-state index contributed by atoms with van der Waals surface area (Å²) < 4.78 is 0. The number of hydrogen-bond acceptors (Lipinski definition) is 5. The van der Waals surface area contributed by atoms with E-state index in [1.807, 2.05) is 0 Å². The van der Waals surface area contributed by atoms with Crippen molar-refractivity contribution in [3.05, 3.63) is 11.9 Å². The Hall–Kier alpha value is -1.36. The van der Waals surface area contributed by atoms with Crippen molar-refractivity contribution in [2.45, 2.75) is 38.6 Å². The van der Waals surface area contributed by atoms with Gasteiger partial charge in [-0.05, 0) is 25.7 Å². The fourth-order valence-electron chi connectivity index (χ4n) is 2.47. The van der Waals surface area contributed by atoms with Gasteiger partial charge in [0.15, 0.2) is 0 Å². The number of nitrogens with zero attached hydrogens (tertiary/aromatic N) is 3. The van der Waals surface area contributed by atoms with E-state index < -0.39 is 0 Å². The van der Waals surface area contributed by atoms with Crippen LogP contribution in [0.1, 0.15) is 31.7 Å². The molecule has 1 saturated heterocycles. The number of hydrogen-bond donors (Lipinski definition) is 2. The van der Waals surface area contributed by atoms with Crippen LogP contribution >= 0.6 is 0 Å². The average Bonchev–Trinajstić information content (AvgIpc) is 2.38. The molecule has 3 N–H and O–H groups in total. The van der Waals surface area contributed by atoms with Gasteiger partial charge in [0.2, 0.25) is 0 Å². The van der Waals surface area contributed by atoms with Gasteiger partial charge in [0.1, 0.15) is 18.0 Å². The molecule has 0 aliphatic carbocycles. The van der Waals surface area contributed by atoms with Crippen LogP contribution in [0.2, 0.25) is 0 Å². The summed E-state index contributed by atoms with van der Waals surface area (Å²) in [4.78, 5) is 10.6. The number of nitrogens with two attached hydrogens (primary N) is 1. The zero-order chi connectivity index (χ0) is 12.3. The van der Waals surface area contributed by atoms with E-state index in [9.17, 15) is 5.11 Å². The van der Waals surface area contributed by atoms with Crippen molar-refractivity contribution in [2.75, 3.05) is 23.8 Å². The Labute approximate surface area is 102 Å². The molecule has 2 rings (SSSR count). The van der Waals surface area contributed by atoms with Crippen molar-refractivity contribution >= 4 is 11.6 Å². The molecule has 1 aromatic heterocycles. The highest BCUT2D eigenvalue weighted by atomic mass is 16.3. The number of nitrogen functional groups attached to an aromatic ring is 1. The van der Waals surface area contributed by atoms with Crippen LogP contribution in [0.3, 0.4) is 0 Å². The number of rotatable bonds is 3. The SMILES string of the molecule is CCc1c(N)ncnc1N1CCCCC1CO. The molecule has 5 nitrogen and oxygen atoms in total. The van der Waals surface area contributed by atoms with Crippen molar-refractivity contribution in [3.63, 3.8) is 0 Å². The molecule has 0 saturated carbocycles. The molecular formula is C12H20N4O. The summed E-state index contributed by atoms with van der Waals surface area (Å²) in [6, 6.07) is 0.170. The summed E-state index contributed by atoms with van der Waals surface area (Å²) in [6.07, 6.45) is 5.65. The van der Waals surface area contributed by atoms with Crippen LogP contribution in [-0.2, 0) is 6.42 Å². The molecule has 17 heavy (non-hydrogen) atoms. The predicted molar refractivity (Wildman–Crippen MR) is 67.9 cm³/mol. The van der Waals surface area contributed by atoms with Gasteiger partial charge in [0.25, 0.3) is 0 Å². The summed E-state index contributed by atoms with van der Waals surface area (Å²) in [7, 11) is 0. The zero-order valence-electron chi connectivity index (χ0n) is 10.3. The minimum absolute atomic E-state index is 0.170. The lowest BCUT2D eigenvalue weighted by Gasteiger charge is -2.36. The van der Waals surface area contributed by atoms with Gasteiger partial charge in [0.05, 0.1) is 12.6 Å². The Morgan fingerprint density at radius 2 is 2.29 bits per heavy atom. The second-order valence-corrected chi connectivity index (χ2v) is 4.44. The number of anilines is 2. The van der Waals surface area contributed by atoms with Crippen molar-refractivity contribution in [3.8, 4) is 0 Å². The summed E-state index contributed by atoms with van der Waals surface area (Å²) >= 11 is 0. The molecule has 0 spiro atoms. The third-order valence-electron chi connectivity index (χ3n) is 3.42. The standard InChI is InChI=1S/C12H20N4O/c1-2-10-11(13)14-8-15-12(10)16-6-4-3-5-9(16)7-17/h8-9,17H,2-7H2,1H3,(H2,13,14,15). The summed E-state index contributed by atoms with van der Waals surface area (Å²) in [6.45, 7) is 3.16. The van der Waals surface area contributed by atoms with Crippen LogP contribution in [0, 0.1) is 0 Å². The molecule has 1 atom stereocenters. The minimum Gasteiger partial charge on any atom is -0.394 e. The first-order chi connectivity index (χ1) is 8.27. The molecule has 1 aromatic rings. The van der Waals surface area contributed by atoms with E-state index in [0.717, 1.165) is 37.2 Å². The molecular weight excluding hydrogens is 216 g/mol. The van der Waals surface area contributed by atoms with Gasteiger partial charge in [-0.2, -0.15) is 0 Å². The lowest BCUT2D eigenvalue weighted by Crippen LogP contribution is -2.43. The minimum atomic E-state index is 0.170. The number of aromatic nitrogens is 2. The fraction of sp³-hybridized carbons (Fsp3) is 0.667. The topological polar surface area (TPSA) is 75.3 Å². The van der Waals surface area contributed by atoms with E-state index in [1.54, 1.807) is 0 Å². The van der Waals surface area contributed by atoms with Gasteiger partial charge in [-0.3, -0.25) is 0 Å². The lowest BCUT2D eigenvalue weighted by atomic mass is 10.0. The van der Waals surface area contributed by atoms with Gasteiger partial charge in [0, 0.05) is 12.1 Å². The number of piperidine rings is 1. The van der Waals surface area contributed by atoms with E-state index in [1.165, 1.54) is 12.7 Å².